The van der Waals surface area contributed by atoms with E-state index in [2.05, 4.69) is 10.2 Å². The first-order chi connectivity index (χ1) is 15.5. The molecule has 0 aliphatic carbocycles. The lowest BCUT2D eigenvalue weighted by Crippen LogP contribution is -2.44. The van der Waals surface area contributed by atoms with Crippen molar-refractivity contribution < 1.29 is 27.4 Å². The Bertz CT molecular complexity index is 1130. The fraction of sp³-hybridized carbons (Fsp3) is 0.435. The maximum absolute atomic E-state index is 13.1. The van der Waals surface area contributed by atoms with Crippen LogP contribution in [0.1, 0.15) is 39.4 Å². The second-order valence-corrected chi connectivity index (χ2v) is 8.98. The molecular formula is C23H25F3N4O3. The molecule has 0 unspecified atom stereocenters. The summed E-state index contributed by atoms with van der Waals surface area (Å²) in [5.74, 6) is -0.396. The van der Waals surface area contributed by atoms with Gasteiger partial charge in [-0.2, -0.15) is 13.2 Å². The first-order valence-corrected chi connectivity index (χ1v) is 10.7. The summed E-state index contributed by atoms with van der Waals surface area (Å²) in [5.41, 5.74) is 0.943. The number of likely N-dealkylation sites (tertiary alicyclic amines) is 1. The largest absolute Gasteiger partial charge is 0.490 e. The van der Waals surface area contributed by atoms with Crippen LogP contribution in [0, 0.1) is 0 Å². The van der Waals surface area contributed by atoms with E-state index in [1.54, 1.807) is 35.2 Å². The van der Waals surface area contributed by atoms with Crippen molar-refractivity contribution in [3.05, 3.63) is 48.4 Å². The van der Waals surface area contributed by atoms with Crippen molar-refractivity contribution in [2.75, 3.05) is 13.1 Å². The molecule has 1 fully saturated rings. The highest BCUT2D eigenvalue weighted by Gasteiger charge is 2.37. The third-order valence-electron chi connectivity index (χ3n) is 5.24. The monoisotopic (exact) mass is 462 g/mol. The van der Waals surface area contributed by atoms with Crippen molar-refractivity contribution in [1.82, 2.24) is 19.5 Å². The van der Waals surface area contributed by atoms with Crippen LogP contribution in [0.5, 0.6) is 5.75 Å². The molecule has 0 spiro atoms. The van der Waals surface area contributed by atoms with E-state index in [4.69, 9.17) is 9.47 Å². The van der Waals surface area contributed by atoms with Crippen molar-refractivity contribution in [2.45, 2.75) is 51.5 Å². The van der Waals surface area contributed by atoms with Gasteiger partial charge >= 0.3 is 12.3 Å². The summed E-state index contributed by atoms with van der Waals surface area (Å²) in [6.07, 6.45) is -2.19. The molecule has 0 radical (unpaired) electrons. The van der Waals surface area contributed by atoms with E-state index >= 15 is 0 Å². The molecule has 1 saturated heterocycles. The molecule has 1 aromatic carbocycles. The molecule has 0 bridgehead atoms. The summed E-state index contributed by atoms with van der Waals surface area (Å²) < 4.78 is 51.8. The third-order valence-corrected chi connectivity index (χ3v) is 5.24. The number of rotatable bonds is 3. The fourth-order valence-corrected chi connectivity index (χ4v) is 3.66. The fourth-order valence-electron chi connectivity index (χ4n) is 3.66. The van der Waals surface area contributed by atoms with Crippen LogP contribution in [-0.4, -0.2) is 50.4 Å². The second kappa shape index (κ2) is 8.57. The number of hydrogen-bond acceptors (Lipinski definition) is 5. The molecule has 1 aliphatic rings. The Labute approximate surface area is 189 Å². The number of halogens is 3. The Balaban J connectivity index is 1.39. The molecule has 0 saturated carbocycles. The number of fused-ring (bicyclic) bond motifs is 1. The number of ether oxygens (including phenoxy) is 2. The van der Waals surface area contributed by atoms with E-state index in [0.717, 1.165) is 9.96 Å². The van der Waals surface area contributed by atoms with Crippen LogP contribution in [0.25, 0.3) is 16.8 Å². The molecule has 7 nitrogen and oxygen atoms in total. The Morgan fingerprint density at radius 2 is 1.61 bits per heavy atom. The Morgan fingerprint density at radius 3 is 2.21 bits per heavy atom. The predicted molar refractivity (Wildman–Crippen MR) is 115 cm³/mol. The van der Waals surface area contributed by atoms with Crippen molar-refractivity contribution in [2.24, 2.45) is 0 Å². The van der Waals surface area contributed by atoms with Crippen molar-refractivity contribution >= 4 is 11.7 Å². The SMILES string of the molecule is CC(C)(C)OC(=O)N1CCC(Oc2ccc(-c3ccc4nnc(C(F)(F)F)n4c3)cc2)CC1. The second-order valence-electron chi connectivity index (χ2n) is 8.98. The molecular weight excluding hydrogens is 437 g/mol. The molecule has 4 rings (SSSR count). The van der Waals surface area contributed by atoms with Crippen molar-refractivity contribution in [3.8, 4) is 16.9 Å². The number of hydrogen-bond donors (Lipinski definition) is 0. The van der Waals surface area contributed by atoms with Crippen LogP contribution < -0.4 is 4.74 Å². The minimum Gasteiger partial charge on any atom is -0.490 e. The highest BCUT2D eigenvalue weighted by molar-refractivity contribution is 5.68. The van der Waals surface area contributed by atoms with Gasteiger partial charge in [-0.25, -0.2) is 4.79 Å². The number of nitrogens with zero attached hydrogens (tertiary/aromatic N) is 4. The summed E-state index contributed by atoms with van der Waals surface area (Å²) in [4.78, 5) is 13.9. The predicted octanol–water partition coefficient (Wildman–Crippen LogP) is 5.19. The van der Waals surface area contributed by atoms with E-state index in [0.29, 0.717) is 37.2 Å². The minimum absolute atomic E-state index is 0.0303. The highest BCUT2D eigenvalue weighted by Crippen LogP contribution is 2.30. The quantitative estimate of drug-likeness (QED) is 0.536. The van der Waals surface area contributed by atoms with Gasteiger partial charge in [0.15, 0.2) is 5.65 Å². The van der Waals surface area contributed by atoms with Gasteiger partial charge in [0.1, 0.15) is 17.5 Å². The standard InChI is InChI=1S/C23H25F3N4O3/c1-22(2,3)33-21(31)29-12-10-18(11-13-29)32-17-7-4-15(5-8-17)16-6-9-19-27-28-20(23(24,25)26)30(19)14-16/h4-9,14,18H,10-13H2,1-3H3. The van der Waals surface area contributed by atoms with Crippen LogP contribution in [0.15, 0.2) is 42.6 Å². The van der Waals surface area contributed by atoms with E-state index in [1.807, 2.05) is 20.8 Å². The molecule has 10 heteroatoms. The summed E-state index contributed by atoms with van der Waals surface area (Å²) >= 11 is 0. The van der Waals surface area contributed by atoms with E-state index in [9.17, 15) is 18.0 Å². The number of alkyl halides is 3. The Kier molecular flexibility index (Phi) is 5.94. The van der Waals surface area contributed by atoms with Gasteiger partial charge in [-0.15, -0.1) is 10.2 Å². The summed E-state index contributed by atoms with van der Waals surface area (Å²) in [7, 11) is 0. The zero-order chi connectivity index (χ0) is 23.8. The summed E-state index contributed by atoms with van der Waals surface area (Å²) in [6, 6.07) is 10.4. The first-order valence-electron chi connectivity index (χ1n) is 10.7. The molecule has 33 heavy (non-hydrogen) atoms. The van der Waals surface area contributed by atoms with E-state index in [1.165, 1.54) is 12.3 Å². The number of carbonyl (C=O) groups excluding carboxylic acids is 1. The molecule has 176 valence electrons. The summed E-state index contributed by atoms with van der Waals surface area (Å²) in [5, 5.41) is 6.82. The molecule has 0 N–H and O–H groups in total. The number of piperidine rings is 1. The van der Waals surface area contributed by atoms with E-state index in [-0.39, 0.29) is 17.8 Å². The normalized spacial score (nSPS) is 15.6. The number of carbonyl (C=O) groups is 1. The van der Waals surface area contributed by atoms with Gasteiger partial charge in [0.05, 0.1) is 0 Å². The Morgan fingerprint density at radius 1 is 0.970 bits per heavy atom. The van der Waals surface area contributed by atoms with Gasteiger partial charge < -0.3 is 14.4 Å². The van der Waals surface area contributed by atoms with Crippen LogP contribution in [0.4, 0.5) is 18.0 Å². The topological polar surface area (TPSA) is 69.0 Å². The zero-order valence-corrected chi connectivity index (χ0v) is 18.6. The average molecular weight is 462 g/mol. The van der Waals surface area contributed by atoms with Crippen LogP contribution in [0.2, 0.25) is 0 Å². The van der Waals surface area contributed by atoms with Gasteiger partial charge in [0.2, 0.25) is 5.82 Å². The number of aromatic nitrogens is 3. The lowest BCUT2D eigenvalue weighted by molar-refractivity contribution is -0.145. The number of benzene rings is 1. The Hall–Kier alpha value is -3.30. The molecule has 1 aliphatic heterocycles. The first kappa shape index (κ1) is 22.9. The van der Waals surface area contributed by atoms with Gasteiger partial charge in [-0.05, 0) is 56.2 Å². The van der Waals surface area contributed by atoms with Crippen LogP contribution >= 0.6 is 0 Å². The van der Waals surface area contributed by atoms with E-state index < -0.39 is 17.6 Å². The van der Waals surface area contributed by atoms with Gasteiger partial charge in [-0.3, -0.25) is 4.40 Å². The van der Waals surface area contributed by atoms with Crippen LogP contribution in [0.3, 0.4) is 0 Å². The van der Waals surface area contributed by atoms with Crippen molar-refractivity contribution in [3.63, 3.8) is 0 Å². The molecule has 2 aromatic heterocycles. The lowest BCUT2D eigenvalue weighted by Gasteiger charge is -2.33. The summed E-state index contributed by atoms with van der Waals surface area (Å²) in [6.45, 7) is 6.62. The zero-order valence-electron chi connectivity index (χ0n) is 18.6. The molecule has 0 atom stereocenters. The van der Waals surface area contributed by atoms with Crippen molar-refractivity contribution in [1.29, 1.82) is 0 Å². The molecule has 1 amide bonds. The van der Waals surface area contributed by atoms with Crippen LogP contribution in [-0.2, 0) is 10.9 Å². The molecule has 3 heterocycles. The maximum atomic E-state index is 13.1. The minimum atomic E-state index is -4.59. The lowest BCUT2D eigenvalue weighted by atomic mass is 10.1. The highest BCUT2D eigenvalue weighted by atomic mass is 19.4. The average Bonchev–Trinajstić information content (AvgIpc) is 3.17. The maximum Gasteiger partial charge on any atom is 0.452 e. The van der Waals surface area contributed by atoms with Gasteiger partial charge in [0, 0.05) is 32.1 Å². The number of amides is 1. The molecule has 3 aromatic rings. The smallest absolute Gasteiger partial charge is 0.452 e. The number of pyridine rings is 1. The van der Waals surface area contributed by atoms with Gasteiger partial charge in [-0.1, -0.05) is 12.1 Å². The third kappa shape index (κ3) is 5.37. The van der Waals surface area contributed by atoms with Gasteiger partial charge in [0.25, 0.3) is 0 Å².